The van der Waals surface area contributed by atoms with Crippen molar-refractivity contribution < 1.29 is 18.8 Å². The van der Waals surface area contributed by atoms with Gasteiger partial charge in [-0.3, -0.25) is 9.78 Å². The van der Waals surface area contributed by atoms with Gasteiger partial charge in [0, 0.05) is 24.4 Å². The van der Waals surface area contributed by atoms with Crippen LogP contribution in [0.15, 0.2) is 59.4 Å². The molecule has 9 heteroatoms. The summed E-state index contributed by atoms with van der Waals surface area (Å²) in [6.45, 7) is 3.51. The van der Waals surface area contributed by atoms with E-state index in [1.165, 1.54) is 0 Å². The Morgan fingerprint density at radius 1 is 1.09 bits per heavy atom. The normalized spacial score (nSPS) is 10.8. The highest BCUT2D eigenvalue weighted by molar-refractivity contribution is 6.41. The highest BCUT2D eigenvalue weighted by atomic mass is 16.5. The summed E-state index contributed by atoms with van der Waals surface area (Å²) < 4.78 is 12.0. The molecule has 9 nitrogen and oxygen atoms in total. The molecule has 3 aromatic heterocycles. The van der Waals surface area contributed by atoms with Crippen LogP contribution >= 0.6 is 0 Å². The van der Waals surface area contributed by atoms with Crippen molar-refractivity contribution in [1.82, 2.24) is 24.9 Å². The van der Waals surface area contributed by atoms with Gasteiger partial charge in [0.25, 0.3) is 5.78 Å². The lowest BCUT2D eigenvalue weighted by atomic mass is 10.1. The second-order valence-electron chi connectivity index (χ2n) is 7.12. The van der Waals surface area contributed by atoms with Crippen molar-refractivity contribution in [2.75, 3.05) is 6.61 Å². The van der Waals surface area contributed by atoms with E-state index in [9.17, 15) is 9.59 Å². The molecular weight excluding hydrogens is 410 g/mol. The van der Waals surface area contributed by atoms with Gasteiger partial charge in [0.05, 0.1) is 29.2 Å². The van der Waals surface area contributed by atoms with Crippen LogP contribution in [-0.4, -0.2) is 43.3 Å². The van der Waals surface area contributed by atoms with Gasteiger partial charge >= 0.3 is 5.97 Å². The van der Waals surface area contributed by atoms with Gasteiger partial charge in [-0.15, -0.1) is 0 Å². The quantitative estimate of drug-likeness (QED) is 0.181. The molecule has 0 bridgehead atoms. The molecule has 0 saturated heterocycles. The second-order valence-corrected chi connectivity index (χ2v) is 7.12. The molecule has 3 heterocycles. The molecular formula is C23H21N5O4. The fourth-order valence-corrected chi connectivity index (χ4v) is 3.32. The number of carbonyl (C=O) groups is 2. The maximum atomic E-state index is 12.7. The van der Waals surface area contributed by atoms with Gasteiger partial charge in [0.1, 0.15) is 0 Å². The number of aryl methyl sites for hydroxylation is 2. The van der Waals surface area contributed by atoms with E-state index in [-0.39, 0.29) is 12.2 Å². The Morgan fingerprint density at radius 2 is 1.91 bits per heavy atom. The van der Waals surface area contributed by atoms with Crippen LogP contribution < -0.4 is 0 Å². The lowest BCUT2D eigenvalue weighted by molar-refractivity contribution is -0.138. The van der Waals surface area contributed by atoms with Crippen LogP contribution in [-0.2, 0) is 16.0 Å². The van der Waals surface area contributed by atoms with Crippen LogP contribution in [0, 0.1) is 13.8 Å². The minimum absolute atomic E-state index is 0.0557. The fraction of sp³-hybridized carbons (Fsp3) is 0.217. The Hall–Kier alpha value is -4.14. The molecule has 0 amide bonds. The van der Waals surface area contributed by atoms with E-state index in [1.54, 1.807) is 37.0 Å². The SMILES string of the molecule is Cc1nn(-c2ccccc2)c(C)c1C(=O)C(=O)OCCCc1nc(-c2cccnc2)no1. The third-order valence-electron chi connectivity index (χ3n) is 4.86. The zero-order valence-electron chi connectivity index (χ0n) is 17.7. The van der Waals surface area contributed by atoms with E-state index in [0.29, 0.717) is 35.9 Å². The number of esters is 1. The van der Waals surface area contributed by atoms with Gasteiger partial charge in [0.2, 0.25) is 11.7 Å². The minimum atomic E-state index is -0.912. The van der Waals surface area contributed by atoms with E-state index < -0.39 is 11.8 Å². The standard InChI is InChI=1S/C23H21N5O4/c1-15-20(16(2)28(26-15)18-9-4-3-5-10-18)21(29)23(30)31-13-7-11-19-25-22(27-32-19)17-8-6-12-24-14-17/h3-6,8-10,12,14H,7,11,13H2,1-2H3. The average molecular weight is 431 g/mol. The third-order valence-corrected chi connectivity index (χ3v) is 4.86. The largest absolute Gasteiger partial charge is 0.460 e. The molecule has 0 aliphatic heterocycles. The van der Waals surface area contributed by atoms with E-state index in [4.69, 9.17) is 9.26 Å². The number of carbonyl (C=O) groups excluding carboxylic acids is 2. The van der Waals surface area contributed by atoms with Gasteiger partial charge in [-0.05, 0) is 44.5 Å². The summed E-state index contributed by atoms with van der Waals surface area (Å²) in [5.74, 6) is -0.757. The summed E-state index contributed by atoms with van der Waals surface area (Å²) in [5, 5.41) is 8.32. The summed E-state index contributed by atoms with van der Waals surface area (Å²) in [4.78, 5) is 33.3. The number of benzene rings is 1. The Labute approximate surface area is 184 Å². The zero-order valence-corrected chi connectivity index (χ0v) is 17.7. The van der Waals surface area contributed by atoms with Gasteiger partial charge in [-0.1, -0.05) is 23.4 Å². The first kappa shape index (κ1) is 21.1. The van der Waals surface area contributed by atoms with Crippen molar-refractivity contribution in [2.24, 2.45) is 0 Å². The van der Waals surface area contributed by atoms with Crippen molar-refractivity contribution in [2.45, 2.75) is 26.7 Å². The number of nitrogens with zero attached hydrogens (tertiary/aromatic N) is 5. The van der Waals surface area contributed by atoms with E-state index in [0.717, 1.165) is 11.3 Å². The van der Waals surface area contributed by atoms with Crippen LogP contribution in [0.2, 0.25) is 0 Å². The molecule has 32 heavy (non-hydrogen) atoms. The predicted octanol–water partition coefficient (Wildman–Crippen LogP) is 3.29. The lowest BCUT2D eigenvalue weighted by Gasteiger charge is -2.05. The smallest absolute Gasteiger partial charge is 0.379 e. The minimum Gasteiger partial charge on any atom is -0.460 e. The molecule has 1 aromatic carbocycles. The number of hydrogen-bond donors (Lipinski definition) is 0. The molecule has 0 unspecified atom stereocenters. The first-order valence-corrected chi connectivity index (χ1v) is 10.1. The van der Waals surface area contributed by atoms with Gasteiger partial charge in [0.15, 0.2) is 0 Å². The lowest BCUT2D eigenvalue weighted by Crippen LogP contribution is -2.20. The Morgan fingerprint density at radius 3 is 2.66 bits per heavy atom. The van der Waals surface area contributed by atoms with E-state index >= 15 is 0 Å². The van der Waals surface area contributed by atoms with Gasteiger partial charge in [-0.25, -0.2) is 9.48 Å². The number of rotatable bonds is 8. The first-order chi connectivity index (χ1) is 15.5. The first-order valence-electron chi connectivity index (χ1n) is 10.1. The summed E-state index contributed by atoms with van der Waals surface area (Å²) >= 11 is 0. The predicted molar refractivity (Wildman–Crippen MR) is 114 cm³/mol. The number of Topliss-reactive ketones (excluding diaryl/α,β-unsaturated/α-hetero) is 1. The third kappa shape index (κ3) is 4.46. The van der Waals surface area contributed by atoms with E-state index in [2.05, 4.69) is 20.2 Å². The Kier molecular flexibility index (Phi) is 6.16. The maximum absolute atomic E-state index is 12.7. The van der Waals surface area contributed by atoms with Crippen molar-refractivity contribution in [1.29, 1.82) is 0 Å². The van der Waals surface area contributed by atoms with Crippen molar-refractivity contribution in [3.8, 4) is 17.1 Å². The van der Waals surface area contributed by atoms with Crippen molar-refractivity contribution in [3.63, 3.8) is 0 Å². The zero-order chi connectivity index (χ0) is 22.5. The Bertz CT molecular complexity index is 1230. The fourth-order valence-electron chi connectivity index (χ4n) is 3.32. The number of ether oxygens (including phenoxy) is 1. The monoisotopic (exact) mass is 431 g/mol. The molecule has 0 aliphatic rings. The topological polar surface area (TPSA) is 113 Å². The van der Waals surface area contributed by atoms with Crippen LogP contribution in [0.5, 0.6) is 0 Å². The van der Waals surface area contributed by atoms with Crippen molar-refractivity contribution >= 4 is 11.8 Å². The number of para-hydroxylation sites is 1. The summed E-state index contributed by atoms with van der Waals surface area (Å²) in [6, 6.07) is 13.0. The number of aromatic nitrogens is 5. The highest BCUT2D eigenvalue weighted by Crippen LogP contribution is 2.19. The number of hydrogen-bond acceptors (Lipinski definition) is 8. The molecule has 0 N–H and O–H groups in total. The second kappa shape index (κ2) is 9.34. The van der Waals surface area contributed by atoms with Gasteiger partial charge < -0.3 is 9.26 Å². The highest BCUT2D eigenvalue weighted by Gasteiger charge is 2.26. The molecule has 0 aliphatic carbocycles. The maximum Gasteiger partial charge on any atom is 0.379 e. The summed E-state index contributed by atoms with van der Waals surface area (Å²) in [6.07, 6.45) is 4.16. The summed E-state index contributed by atoms with van der Waals surface area (Å²) in [5.41, 5.74) is 2.88. The average Bonchev–Trinajstić information content (AvgIpc) is 3.41. The molecule has 162 valence electrons. The molecule has 0 spiro atoms. The Balaban J connectivity index is 1.33. The van der Waals surface area contributed by atoms with Crippen LogP contribution in [0.1, 0.15) is 34.1 Å². The van der Waals surface area contributed by atoms with Crippen molar-refractivity contribution in [3.05, 3.63) is 77.7 Å². The van der Waals surface area contributed by atoms with Crippen LogP contribution in [0.4, 0.5) is 0 Å². The number of ketones is 1. The van der Waals surface area contributed by atoms with Gasteiger partial charge in [-0.2, -0.15) is 10.1 Å². The molecule has 4 aromatic rings. The molecule has 0 radical (unpaired) electrons. The molecule has 0 fully saturated rings. The van der Waals surface area contributed by atoms with Crippen LogP contribution in [0.25, 0.3) is 17.1 Å². The number of pyridine rings is 1. The summed E-state index contributed by atoms with van der Waals surface area (Å²) in [7, 11) is 0. The molecule has 4 rings (SSSR count). The molecule has 0 saturated carbocycles. The van der Waals surface area contributed by atoms with E-state index in [1.807, 2.05) is 36.4 Å². The molecule has 0 atom stereocenters. The van der Waals surface area contributed by atoms with Crippen LogP contribution in [0.3, 0.4) is 0 Å².